The number of aliphatic hydroxyl groups is 1. The van der Waals surface area contributed by atoms with Crippen LogP contribution in [-0.2, 0) is 16.1 Å². The average Bonchev–Trinajstić information content (AvgIpc) is 3.47. The lowest BCUT2D eigenvalue weighted by atomic mass is 9.33. The molecule has 0 radical (unpaired) electrons. The van der Waals surface area contributed by atoms with Crippen molar-refractivity contribution in [2.45, 2.75) is 132 Å². The summed E-state index contributed by atoms with van der Waals surface area (Å²) < 4.78 is 7.99. The summed E-state index contributed by atoms with van der Waals surface area (Å²) in [5.74, 6) is 1.30. The van der Waals surface area contributed by atoms with Crippen molar-refractivity contribution in [1.82, 2.24) is 15.0 Å². The number of aliphatic hydroxyl groups excluding tert-OH is 1. The van der Waals surface area contributed by atoms with Crippen LogP contribution in [-0.4, -0.2) is 32.2 Å². The van der Waals surface area contributed by atoms with Crippen LogP contribution in [0.5, 0.6) is 0 Å². The van der Waals surface area contributed by atoms with Gasteiger partial charge in [-0.1, -0.05) is 77.5 Å². The maximum atomic E-state index is 14.4. The molecule has 4 fully saturated rings. The minimum atomic E-state index is -0.478. The zero-order valence-electron chi connectivity index (χ0n) is 29.7. The molecule has 0 aliphatic heterocycles. The molecule has 1 heterocycles. The molecule has 6 heteroatoms. The third-order valence-electron chi connectivity index (χ3n) is 15.2. The van der Waals surface area contributed by atoms with E-state index in [0.29, 0.717) is 17.5 Å². The lowest BCUT2D eigenvalue weighted by molar-refractivity contribution is -0.206. The van der Waals surface area contributed by atoms with E-state index < -0.39 is 5.41 Å². The van der Waals surface area contributed by atoms with Gasteiger partial charge in [0.2, 0.25) is 0 Å². The van der Waals surface area contributed by atoms with Gasteiger partial charge in [-0.25, -0.2) is 4.68 Å². The molecule has 7 rings (SSSR count). The standard InChI is InChI=1S/C40H57N3O3/c1-26-10-9-11-28(22-26)43-24-27(41-42-43)25-46-34(45)40-20-18-35(2,3)23-30(40)29-12-13-32-37(6)16-15-33(44)36(4,5)31(37)14-17-39(32,8)38(29,7)19-21-40/h9-12,22,24,30-33,44H,13-21,23,25H2,1-8H3/t30?,31?,32?,33-,37-,38+,39+,40-/m0/s1. The minimum Gasteiger partial charge on any atom is -0.459 e. The van der Waals surface area contributed by atoms with Gasteiger partial charge in [-0.3, -0.25) is 4.79 Å². The number of carbonyl (C=O) groups excluding carboxylic acids is 1. The Labute approximate surface area is 276 Å². The Balaban J connectivity index is 1.18. The molecule has 0 bridgehead atoms. The van der Waals surface area contributed by atoms with Gasteiger partial charge in [-0.2, -0.15) is 0 Å². The van der Waals surface area contributed by atoms with Crippen molar-refractivity contribution in [3.63, 3.8) is 0 Å². The summed E-state index contributed by atoms with van der Waals surface area (Å²) in [6.45, 7) is 19.4. The SMILES string of the molecule is Cc1cccc(-n2cc(COC(=O)[C@]34CCC(C)(C)CC3C3=CCC5[C@@]6(C)CC[C@H](O)C(C)(C)C6CC[C@@]5(C)[C@]3(C)CC4)nn2)c1. The van der Waals surface area contributed by atoms with Gasteiger partial charge in [0, 0.05) is 0 Å². The number of hydrogen-bond acceptors (Lipinski definition) is 5. The number of hydrogen-bond donors (Lipinski definition) is 1. The van der Waals surface area contributed by atoms with Gasteiger partial charge in [0.25, 0.3) is 0 Å². The van der Waals surface area contributed by atoms with Crippen LogP contribution in [0.4, 0.5) is 0 Å². The third kappa shape index (κ3) is 4.54. The summed E-state index contributed by atoms with van der Waals surface area (Å²) in [7, 11) is 0. The van der Waals surface area contributed by atoms with Crippen LogP contribution >= 0.6 is 0 Å². The topological polar surface area (TPSA) is 77.2 Å². The molecule has 5 aliphatic carbocycles. The fourth-order valence-corrected chi connectivity index (χ4v) is 12.1. The fourth-order valence-electron chi connectivity index (χ4n) is 12.1. The van der Waals surface area contributed by atoms with Gasteiger partial charge in [0.1, 0.15) is 12.3 Å². The Morgan fingerprint density at radius 3 is 2.50 bits per heavy atom. The average molecular weight is 628 g/mol. The number of benzene rings is 1. The van der Waals surface area contributed by atoms with Gasteiger partial charge in [0.15, 0.2) is 0 Å². The van der Waals surface area contributed by atoms with Crippen molar-refractivity contribution in [1.29, 1.82) is 0 Å². The third-order valence-corrected chi connectivity index (χ3v) is 15.2. The number of aryl methyl sites for hydroxylation is 1. The molecular weight excluding hydrogens is 570 g/mol. The first-order chi connectivity index (χ1) is 21.6. The summed E-state index contributed by atoms with van der Waals surface area (Å²) in [5.41, 5.74) is 4.47. The Morgan fingerprint density at radius 1 is 0.978 bits per heavy atom. The van der Waals surface area contributed by atoms with Crippen LogP contribution in [0.3, 0.4) is 0 Å². The predicted octanol–water partition coefficient (Wildman–Crippen LogP) is 8.78. The quantitative estimate of drug-likeness (QED) is 0.271. The smallest absolute Gasteiger partial charge is 0.313 e. The molecule has 0 amide bonds. The summed E-state index contributed by atoms with van der Waals surface area (Å²) in [6.07, 6.45) is 14.7. The normalized spacial score (nSPS) is 40.8. The molecule has 5 aliphatic rings. The second kappa shape index (κ2) is 10.5. The van der Waals surface area contributed by atoms with E-state index in [1.54, 1.807) is 10.3 Å². The largest absolute Gasteiger partial charge is 0.459 e. The molecule has 8 atom stereocenters. The lowest BCUT2D eigenvalue weighted by Crippen LogP contribution is -2.65. The number of aromatic nitrogens is 3. The van der Waals surface area contributed by atoms with Crippen molar-refractivity contribution in [3.05, 3.63) is 53.4 Å². The first-order valence-corrected chi connectivity index (χ1v) is 18.1. The molecular formula is C40H57N3O3. The van der Waals surface area contributed by atoms with Crippen molar-refractivity contribution >= 4 is 5.97 Å². The van der Waals surface area contributed by atoms with Gasteiger partial charge in [-0.15, -0.1) is 5.10 Å². The fraction of sp³-hybridized carbons (Fsp3) is 0.725. The van der Waals surface area contributed by atoms with Crippen LogP contribution < -0.4 is 0 Å². The Bertz CT molecular complexity index is 1560. The molecule has 1 N–H and O–H groups in total. The van der Waals surface area contributed by atoms with E-state index in [1.807, 2.05) is 18.3 Å². The molecule has 0 spiro atoms. The molecule has 46 heavy (non-hydrogen) atoms. The van der Waals surface area contributed by atoms with E-state index in [-0.39, 0.29) is 51.7 Å². The lowest BCUT2D eigenvalue weighted by Gasteiger charge is -2.71. The maximum absolute atomic E-state index is 14.4. The van der Waals surface area contributed by atoms with Crippen molar-refractivity contribution < 1.29 is 14.6 Å². The van der Waals surface area contributed by atoms with E-state index in [4.69, 9.17) is 4.74 Å². The summed E-state index contributed by atoms with van der Waals surface area (Å²) in [5, 5.41) is 19.7. The highest BCUT2D eigenvalue weighted by molar-refractivity contribution is 5.78. The second-order valence-corrected chi connectivity index (χ2v) is 18.3. The number of nitrogens with zero attached hydrogens (tertiary/aromatic N) is 3. The van der Waals surface area contributed by atoms with E-state index in [0.717, 1.165) is 62.6 Å². The number of carbonyl (C=O) groups is 1. The Hall–Kier alpha value is -2.47. The Morgan fingerprint density at radius 2 is 1.74 bits per heavy atom. The van der Waals surface area contributed by atoms with E-state index in [2.05, 4.69) is 83.9 Å². The van der Waals surface area contributed by atoms with Gasteiger partial charge in [-0.05, 0) is 134 Å². The highest BCUT2D eigenvalue weighted by atomic mass is 16.5. The van der Waals surface area contributed by atoms with Crippen molar-refractivity contribution in [2.75, 3.05) is 0 Å². The maximum Gasteiger partial charge on any atom is 0.313 e. The molecule has 0 saturated heterocycles. The number of ether oxygens (including phenoxy) is 1. The van der Waals surface area contributed by atoms with Gasteiger partial charge < -0.3 is 9.84 Å². The number of rotatable bonds is 4. The van der Waals surface area contributed by atoms with Crippen molar-refractivity contribution in [3.8, 4) is 5.69 Å². The molecule has 4 saturated carbocycles. The molecule has 1 aromatic carbocycles. The van der Waals surface area contributed by atoms with E-state index in [1.165, 1.54) is 12.8 Å². The molecule has 3 unspecified atom stereocenters. The Kier molecular flexibility index (Phi) is 7.34. The van der Waals surface area contributed by atoms with Crippen molar-refractivity contribution in [2.24, 2.45) is 50.2 Å². The van der Waals surface area contributed by atoms with Crippen LogP contribution in [0.15, 0.2) is 42.1 Å². The summed E-state index contributed by atoms with van der Waals surface area (Å²) in [4.78, 5) is 14.4. The van der Waals surface area contributed by atoms with Gasteiger partial charge >= 0.3 is 5.97 Å². The van der Waals surface area contributed by atoms with E-state index >= 15 is 0 Å². The van der Waals surface area contributed by atoms with Crippen LogP contribution in [0, 0.1) is 57.2 Å². The van der Waals surface area contributed by atoms with Crippen LogP contribution in [0.1, 0.15) is 124 Å². The highest BCUT2D eigenvalue weighted by Gasteiger charge is 2.69. The zero-order valence-corrected chi connectivity index (χ0v) is 29.7. The highest BCUT2D eigenvalue weighted by Crippen LogP contribution is 2.75. The number of allylic oxidation sites excluding steroid dienone is 2. The monoisotopic (exact) mass is 627 g/mol. The summed E-state index contributed by atoms with van der Waals surface area (Å²) >= 11 is 0. The van der Waals surface area contributed by atoms with Gasteiger partial charge in [0.05, 0.1) is 23.4 Å². The number of fused-ring (bicyclic) bond motifs is 7. The zero-order chi connectivity index (χ0) is 32.9. The summed E-state index contributed by atoms with van der Waals surface area (Å²) in [6, 6.07) is 8.17. The first-order valence-electron chi connectivity index (χ1n) is 18.1. The predicted molar refractivity (Wildman–Crippen MR) is 181 cm³/mol. The number of esters is 1. The van der Waals surface area contributed by atoms with Crippen LogP contribution in [0.25, 0.3) is 5.69 Å². The molecule has 250 valence electrons. The van der Waals surface area contributed by atoms with E-state index in [9.17, 15) is 9.90 Å². The minimum absolute atomic E-state index is 0.0352. The molecule has 1 aromatic heterocycles. The molecule has 6 nitrogen and oxygen atoms in total. The second-order valence-electron chi connectivity index (χ2n) is 18.3. The first kappa shape index (κ1) is 32.1. The molecule has 2 aromatic rings. The van der Waals surface area contributed by atoms with Crippen LogP contribution in [0.2, 0.25) is 0 Å².